The molecule has 0 radical (unpaired) electrons. The third kappa shape index (κ3) is 3.62. The van der Waals surface area contributed by atoms with Crippen LogP contribution < -0.4 is 0 Å². The largest absolute Gasteiger partial charge is 0.265 e. The van der Waals surface area contributed by atoms with Gasteiger partial charge in [0, 0.05) is 17.5 Å². The molecule has 1 nitrogen and oxygen atoms in total. The van der Waals surface area contributed by atoms with Crippen molar-refractivity contribution >= 4 is 6.21 Å². The van der Waals surface area contributed by atoms with E-state index in [1.54, 1.807) is 6.21 Å². The minimum absolute atomic E-state index is 0.962. The Bertz CT molecular complexity index is 223. The molecule has 0 rings (SSSR count). The van der Waals surface area contributed by atoms with Crippen LogP contribution in [-0.4, -0.2) is 6.21 Å². The van der Waals surface area contributed by atoms with Crippen molar-refractivity contribution in [1.82, 2.24) is 0 Å². The van der Waals surface area contributed by atoms with Gasteiger partial charge in [-0.3, -0.25) is 4.99 Å². The number of hydrogen-bond donors (Lipinski definition) is 0. The fraction of sp³-hybridized carbons (Fsp3) is 0.500. The molecule has 60 valence electrons. The molecular formula is C10H15N. The van der Waals surface area contributed by atoms with E-state index < -0.39 is 0 Å². The lowest BCUT2D eigenvalue weighted by Crippen LogP contribution is -1.81. The fourth-order valence-corrected chi connectivity index (χ4v) is 0.857. The van der Waals surface area contributed by atoms with E-state index in [0.717, 1.165) is 17.7 Å². The van der Waals surface area contributed by atoms with E-state index in [4.69, 9.17) is 0 Å². The van der Waals surface area contributed by atoms with Gasteiger partial charge in [-0.25, -0.2) is 0 Å². The second-order valence-corrected chi connectivity index (χ2v) is 2.18. The maximum atomic E-state index is 4.17. The molecule has 0 spiro atoms. The Morgan fingerprint density at radius 3 is 2.55 bits per heavy atom. The van der Waals surface area contributed by atoms with Gasteiger partial charge in [0.1, 0.15) is 0 Å². The summed E-state index contributed by atoms with van der Waals surface area (Å²) in [5.41, 5.74) is 2.16. The normalized spacial score (nSPS) is 12.4. The maximum absolute atomic E-state index is 4.17. The zero-order chi connectivity index (χ0) is 8.69. The molecule has 0 aromatic heterocycles. The molecule has 0 amide bonds. The van der Waals surface area contributed by atoms with Gasteiger partial charge in [0.05, 0.1) is 0 Å². The molecule has 0 bridgehead atoms. The van der Waals surface area contributed by atoms with E-state index in [0.29, 0.717) is 0 Å². The van der Waals surface area contributed by atoms with E-state index in [1.165, 1.54) is 0 Å². The molecular weight excluding hydrogens is 134 g/mol. The first-order valence-electron chi connectivity index (χ1n) is 3.87. The molecule has 0 aliphatic rings. The van der Waals surface area contributed by atoms with Gasteiger partial charge in [0.15, 0.2) is 0 Å². The SMILES string of the molecule is CC#C/C(CC)=C(C)\N=C/C. The Hall–Kier alpha value is -1.03. The van der Waals surface area contributed by atoms with Crippen molar-refractivity contribution in [2.24, 2.45) is 4.99 Å². The fourth-order valence-electron chi connectivity index (χ4n) is 0.857. The number of allylic oxidation sites excluding steroid dienone is 2. The van der Waals surface area contributed by atoms with Crippen molar-refractivity contribution in [3.63, 3.8) is 0 Å². The summed E-state index contributed by atoms with van der Waals surface area (Å²) >= 11 is 0. The van der Waals surface area contributed by atoms with Gasteiger partial charge in [0.2, 0.25) is 0 Å². The first-order valence-corrected chi connectivity index (χ1v) is 3.87. The van der Waals surface area contributed by atoms with Crippen LogP contribution in [0, 0.1) is 11.8 Å². The third-order valence-electron chi connectivity index (χ3n) is 1.39. The first kappa shape index (κ1) is 9.97. The molecule has 0 aliphatic carbocycles. The van der Waals surface area contributed by atoms with Crippen molar-refractivity contribution < 1.29 is 0 Å². The molecule has 0 unspecified atom stereocenters. The lowest BCUT2D eigenvalue weighted by atomic mass is 10.2. The van der Waals surface area contributed by atoms with Crippen molar-refractivity contribution in [2.45, 2.75) is 34.1 Å². The maximum Gasteiger partial charge on any atom is 0.0483 e. The Morgan fingerprint density at radius 1 is 1.55 bits per heavy atom. The predicted octanol–water partition coefficient (Wildman–Crippen LogP) is 2.78. The minimum atomic E-state index is 0.962. The molecule has 0 heterocycles. The summed E-state index contributed by atoms with van der Waals surface area (Å²) in [5, 5.41) is 0. The molecule has 0 saturated carbocycles. The molecule has 0 fully saturated rings. The van der Waals surface area contributed by atoms with Crippen LogP contribution in [0.5, 0.6) is 0 Å². The zero-order valence-corrected chi connectivity index (χ0v) is 7.73. The summed E-state index contributed by atoms with van der Waals surface area (Å²) in [7, 11) is 0. The molecule has 0 aliphatic heterocycles. The topological polar surface area (TPSA) is 12.4 Å². The zero-order valence-electron chi connectivity index (χ0n) is 7.73. The van der Waals surface area contributed by atoms with Crippen LogP contribution in [0.1, 0.15) is 34.1 Å². The lowest BCUT2D eigenvalue weighted by molar-refractivity contribution is 1.10. The highest BCUT2D eigenvalue weighted by atomic mass is 14.7. The second kappa shape index (κ2) is 5.73. The van der Waals surface area contributed by atoms with Gasteiger partial charge in [-0.15, -0.1) is 5.92 Å². The predicted molar refractivity (Wildman–Crippen MR) is 50.6 cm³/mol. The molecule has 0 saturated heterocycles. The molecule has 0 aromatic carbocycles. The number of aliphatic imine (C=N–C) groups is 1. The van der Waals surface area contributed by atoms with Crippen molar-refractivity contribution in [3.05, 3.63) is 11.3 Å². The van der Waals surface area contributed by atoms with Crippen LogP contribution >= 0.6 is 0 Å². The quantitative estimate of drug-likeness (QED) is 0.423. The Morgan fingerprint density at radius 2 is 2.18 bits per heavy atom. The van der Waals surface area contributed by atoms with E-state index in [1.807, 2.05) is 20.8 Å². The highest BCUT2D eigenvalue weighted by Gasteiger charge is 1.92. The van der Waals surface area contributed by atoms with E-state index in [9.17, 15) is 0 Å². The van der Waals surface area contributed by atoms with E-state index in [-0.39, 0.29) is 0 Å². The first-order chi connectivity index (χ1) is 5.26. The molecule has 11 heavy (non-hydrogen) atoms. The summed E-state index contributed by atoms with van der Waals surface area (Å²) in [6, 6.07) is 0. The third-order valence-corrected chi connectivity index (χ3v) is 1.39. The summed E-state index contributed by atoms with van der Waals surface area (Å²) in [5.74, 6) is 5.91. The second-order valence-electron chi connectivity index (χ2n) is 2.18. The van der Waals surface area contributed by atoms with Gasteiger partial charge in [-0.05, 0) is 27.2 Å². The Kier molecular flexibility index (Phi) is 5.20. The molecule has 1 heteroatoms. The summed E-state index contributed by atoms with van der Waals surface area (Å²) < 4.78 is 0. The van der Waals surface area contributed by atoms with Crippen LogP contribution in [0.3, 0.4) is 0 Å². The minimum Gasteiger partial charge on any atom is -0.265 e. The highest BCUT2D eigenvalue weighted by molar-refractivity contribution is 5.56. The van der Waals surface area contributed by atoms with E-state index >= 15 is 0 Å². The van der Waals surface area contributed by atoms with Crippen LogP contribution in [0.4, 0.5) is 0 Å². The average molecular weight is 149 g/mol. The van der Waals surface area contributed by atoms with E-state index in [2.05, 4.69) is 23.8 Å². The van der Waals surface area contributed by atoms with Gasteiger partial charge < -0.3 is 0 Å². The van der Waals surface area contributed by atoms with Crippen molar-refractivity contribution in [3.8, 4) is 11.8 Å². The molecule has 0 atom stereocenters. The van der Waals surface area contributed by atoms with Gasteiger partial charge >= 0.3 is 0 Å². The Balaban J connectivity index is 4.62. The van der Waals surface area contributed by atoms with Crippen LogP contribution in [0.2, 0.25) is 0 Å². The monoisotopic (exact) mass is 149 g/mol. The summed E-state index contributed by atoms with van der Waals surface area (Å²) in [6.07, 6.45) is 2.76. The lowest BCUT2D eigenvalue weighted by Gasteiger charge is -1.96. The molecule has 0 aromatic rings. The van der Waals surface area contributed by atoms with Crippen LogP contribution in [-0.2, 0) is 0 Å². The van der Waals surface area contributed by atoms with Crippen molar-refractivity contribution in [2.75, 3.05) is 0 Å². The van der Waals surface area contributed by atoms with Crippen molar-refractivity contribution in [1.29, 1.82) is 0 Å². The average Bonchev–Trinajstić information content (AvgIpc) is 2.00. The van der Waals surface area contributed by atoms with Gasteiger partial charge in [0.25, 0.3) is 0 Å². The smallest absolute Gasteiger partial charge is 0.0483 e. The summed E-state index contributed by atoms with van der Waals surface area (Å²) in [6.45, 7) is 7.84. The van der Waals surface area contributed by atoms with Gasteiger partial charge in [-0.2, -0.15) is 0 Å². The number of rotatable bonds is 2. The molecule has 0 N–H and O–H groups in total. The van der Waals surface area contributed by atoms with Crippen LogP contribution in [0.25, 0.3) is 0 Å². The van der Waals surface area contributed by atoms with Crippen LogP contribution in [0.15, 0.2) is 16.3 Å². The number of nitrogens with zero attached hydrogens (tertiary/aromatic N) is 1. The highest BCUT2D eigenvalue weighted by Crippen LogP contribution is 2.07. The van der Waals surface area contributed by atoms with Gasteiger partial charge in [-0.1, -0.05) is 12.8 Å². The Labute approximate surface area is 69.2 Å². The standard InChI is InChI=1S/C10H15N/c1-5-8-10(6-2)9(4)11-7-3/h7H,6H2,1-4H3/b10-9-,11-7-. The summed E-state index contributed by atoms with van der Waals surface area (Å²) in [4.78, 5) is 4.17. The number of hydrogen-bond acceptors (Lipinski definition) is 1.